The highest BCUT2D eigenvalue weighted by atomic mass is 32.2. The van der Waals surface area contributed by atoms with Crippen molar-refractivity contribution < 1.29 is 8.42 Å². The molecule has 1 aliphatic rings. The Kier molecular flexibility index (Phi) is 3.45. The van der Waals surface area contributed by atoms with Crippen molar-refractivity contribution in [3.63, 3.8) is 0 Å². The molecule has 1 unspecified atom stereocenters. The second-order valence-corrected chi connectivity index (χ2v) is 7.57. The molecule has 0 saturated carbocycles. The molecule has 1 aliphatic carbocycles. The normalized spacial score (nSPS) is 18.7. The van der Waals surface area contributed by atoms with Gasteiger partial charge in [0.1, 0.15) is 0 Å². The van der Waals surface area contributed by atoms with Crippen molar-refractivity contribution >= 4 is 26.5 Å². The summed E-state index contributed by atoms with van der Waals surface area (Å²) in [5.74, 6) is 0. The van der Waals surface area contributed by atoms with Crippen LogP contribution in [-0.2, 0) is 16.4 Å². The molecule has 1 aromatic carbocycles. The molecule has 1 aromatic heterocycles. The Morgan fingerprint density at radius 2 is 2.10 bits per heavy atom. The van der Waals surface area contributed by atoms with Gasteiger partial charge in [0.15, 0.2) is 0 Å². The molecule has 20 heavy (non-hydrogen) atoms. The largest absolute Gasteiger partial charge is 0.374 e. The summed E-state index contributed by atoms with van der Waals surface area (Å²) in [4.78, 5) is 0. The minimum atomic E-state index is -3.67. The average Bonchev–Trinajstić information content (AvgIpc) is 2.86. The van der Waals surface area contributed by atoms with Crippen molar-refractivity contribution in [3.8, 4) is 0 Å². The van der Waals surface area contributed by atoms with Crippen molar-refractivity contribution in [3.05, 3.63) is 35.4 Å². The number of benzene rings is 1. The van der Waals surface area contributed by atoms with Gasteiger partial charge in [0.2, 0.25) is 9.47 Å². The van der Waals surface area contributed by atoms with Gasteiger partial charge in [0.25, 0.3) is 10.0 Å². The number of nitrogens with one attached hydrogen (secondary N) is 1. The molecular formula is C12H14N4O2S2. The smallest absolute Gasteiger partial charge is 0.270 e. The Morgan fingerprint density at radius 3 is 2.85 bits per heavy atom. The minimum Gasteiger partial charge on any atom is -0.374 e. The number of nitrogen functional groups attached to an aromatic ring is 1. The van der Waals surface area contributed by atoms with E-state index in [1.807, 2.05) is 24.3 Å². The monoisotopic (exact) mass is 310 g/mol. The lowest BCUT2D eigenvalue weighted by atomic mass is 9.88. The highest BCUT2D eigenvalue weighted by molar-refractivity contribution is 7.91. The maximum absolute atomic E-state index is 12.3. The Morgan fingerprint density at radius 1 is 1.30 bits per heavy atom. The van der Waals surface area contributed by atoms with Crippen LogP contribution in [0.25, 0.3) is 0 Å². The zero-order chi connectivity index (χ0) is 14.2. The van der Waals surface area contributed by atoms with E-state index in [2.05, 4.69) is 14.9 Å². The first kappa shape index (κ1) is 13.5. The summed E-state index contributed by atoms with van der Waals surface area (Å²) >= 11 is 0.870. The molecule has 106 valence electrons. The number of nitrogens with zero attached hydrogens (tertiary/aromatic N) is 2. The van der Waals surface area contributed by atoms with Gasteiger partial charge in [0.05, 0.1) is 0 Å². The third kappa shape index (κ3) is 2.54. The van der Waals surface area contributed by atoms with Crippen LogP contribution in [0.3, 0.4) is 0 Å². The summed E-state index contributed by atoms with van der Waals surface area (Å²) < 4.78 is 27.2. The molecule has 0 bridgehead atoms. The molecular weight excluding hydrogens is 296 g/mol. The molecule has 0 aliphatic heterocycles. The van der Waals surface area contributed by atoms with Gasteiger partial charge in [-0.15, -0.1) is 10.2 Å². The molecule has 0 saturated heterocycles. The fraction of sp³-hybridized carbons (Fsp3) is 0.333. The number of nitrogens with two attached hydrogens (primary N) is 1. The SMILES string of the molecule is Nc1nnc(S(=O)(=O)NC2CCCc3ccccc32)s1. The molecule has 0 fully saturated rings. The number of fused-ring (bicyclic) bond motifs is 1. The summed E-state index contributed by atoms with van der Waals surface area (Å²) in [6, 6.07) is 7.69. The first-order valence-electron chi connectivity index (χ1n) is 6.25. The third-order valence-corrected chi connectivity index (χ3v) is 5.91. The quantitative estimate of drug-likeness (QED) is 0.894. The van der Waals surface area contributed by atoms with Crippen LogP contribution in [0.2, 0.25) is 0 Å². The zero-order valence-corrected chi connectivity index (χ0v) is 12.2. The van der Waals surface area contributed by atoms with E-state index in [4.69, 9.17) is 5.73 Å². The highest BCUT2D eigenvalue weighted by Crippen LogP contribution is 2.31. The second-order valence-electron chi connectivity index (χ2n) is 4.67. The molecule has 2 aromatic rings. The van der Waals surface area contributed by atoms with Crippen molar-refractivity contribution in [2.45, 2.75) is 29.6 Å². The number of rotatable bonds is 3. The first-order chi connectivity index (χ1) is 9.56. The second kappa shape index (κ2) is 5.12. The number of hydrogen-bond donors (Lipinski definition) is 2. The van der Waals surface area contributed by atoms with Crippen LogP contribution in [0, 0.1) is 0 Å². The number of hydrogen-bond acceptors (Lipinski definition) is 6. The zero-order valence-electron chi connectivity index (χ0n) is 10.6. The van der Waals surface area contributed by atoms with Crippen molar-refractivity contribution in [1.82, 2.24) is 14.9 Å². The summed E-state index contributed by atoms with van der Waals surface area (Å²) in [6.07, 6.45) is 2.73. The van der Waals surface area contributed by atoms with Crippen LogP contribution in [0.5, 0.6) is 0 Å². The molecule has 1 heterocycles. The molecule has 6 nitrogen and oxygen atoms in total. The molecule has 0 amide bonds. The molecule has 8 heteroatoms. The van der Waals surface area contributed by atoms with E-state index in [0.29, 0.717) is 0 Å². The first-order valence-corrected chi connectivity index (χ1v) is 8.55. The standard InChI is InChI=1S/C12H14N4O2S2/c13-11-14-15-12(19-11)20(17,18)16-10-7-3-5-8-4-1-2-6-9(8)10/h1-2,4,6,10,16H,3,5,7H2,(H2,13,14). The van der Waals surface area contributed by atoms with E-state index in [1.165, 1.54) is 5.56 Å². The minimum absolute atomic E-state index is 0.0851. The number of anilines is 1. The lowest BCUT2D eigenvalue weighted by Gasteiger charge is -2.25. The summed E-state index contributed by atoms with van der Waals surface area (Å²) in [6.45, 7) is 0. The third-order valence-electron chi connectivity index (χ3n) is 3.32. The predicted octanol–water partition coefficient (Wildman–Crippen LogP) is 1.48. The molecule has 0 spiro atoms. The molecule has 3 rings (SSSR count). The molecule has 3 N–H and O–H groups in total. The Bertz CT molecular complexity index is 727. The van der Waals surface area contributed by atoms with E-state index < -0.39 is 10.0 Å². The van der Waals surface area contributed by atoms with E-state index in [-0.39, 0.29) is 15.5 Å². The summed E-state index contributed by atoms with van der Waals surface area (Å²) in [5.41, 5.74) is 7.68. The fourth-order valence-corrected chi connectivity index (χ4v) is 4.49. The lowest BCUT2D eigenvalue weighted by molar-refractivity contribution is 0.506. The van der Waals surface area contributed by atoms with Gasteiger partial charge >= 0.3 is 0 Å². The number of aryl methyl sites for hydroxylation is 1. The summed E-state index contributed by atoms with van der Waals surface area (Å²) in [7, 11) is -3.67. The van der Waals surface area contributed by atoms with Gasteiger partial charge in [-0.2, -0.15) is 0 Å². The van der Waals surface area contributed by atoms with E-state index in [0.717, 1.165) is 36.2 Å². The Hall–Kier alpha value is -1.51. The van der Waals surface area contributed by atoms with Gasteiger partial charge in [-0.05, 0) is 30.4 Å². The number of sulfonamides is 1. The number of aromatic nitrogens is 2. The van der Waals surface area contributed by atoms with Gasteiger partial charge in [0, 0.05) is 6.04 Å². The lowest BCUT2D eigenvalue weighted by Crippen LogP contribution is -2.31. The maximum atomic E-state index is 12.3. The van der Waals surface area contributed by atoms with Crippen LogP contribution in [0.4, 0.5) is 5.13 Å². The predicted molar refractivity (Wildman–Crippen MR) is 76.8 cm³/mol. The van der Waals surface area contributed by atoms with Crippen LogP contribution in [0.1, 0.15) is 30.0 Å². The van der Waals surface area contributed by atoms with Crippen LogP contribution < -0.4 is 10.5 Å². The fourth-order valence-electron chi connectivity index (χ4n) is 2.44. The maximum Gasteiger partial charge on any atom is 0.270 e. The van der Waals surface area contributed by atoms with Gasteiger partial charge in [-0.1, -0.05) is 35.6 Å². The highest BCUT2D eigenvalue weighted by Gasteiger charge is 2.27. The van der Waals surface area contributed by atoms with E-state index >= 15 is 0 Å². The van der Waals surface area contributed by atoms with Gasteiger partial charge < -0.3 is 5.73 Å². The van der Waals surface area contributed by atoms with E-state index in [9.17, 15) is 8.42 Å². The average molecular weight is 310 g/mol. The summed E-state index contributed by atoms with van der Waals surface area (Å²) in [5, 5.41) is 7.30. The molecule has 1 atom stereocenters. The van der Waals surface area contributed by atoms with Gasteiger partial charge in [-0.3, -0.25) is 0 Å². The molecule has 0 radical (unpaired) electrons. The van der Waals surface area contributed by atoms with Crippen molar-refractivity contribution in [2.75, 3.05) is 5.73 Å². The van der Waals surface area contributed by atoms with Crippen molar-refractivity contribution in [2.24, 2.45) is 0 Å². The van der Waals surface area contributed by atoms with Crippen LogP contribution in [-0.4, -0.2) is 18.6 Å². The van der Waals surface area contributed by atoms with Crippen LogP contribution >= 0.6 is 11.3 Å². The Labute approximate surface area is 121 Å². The van der Waals surface area contributed by atoms with Gasteiger partial charge in [-0.25, -0.2) is 13.1 Å². The topological polar surface area (TPSA) is 98.0 Å². The van der Waals surface area contributed by atoms with Crippen molar-refractivity contribution in [1.29, 1.82) is 0 Å². The Balaban J connectivity index is 1.89. The van der Waals surface area contributed by atoms with Crippen LogP contribution in [0.15, 0.2) is 28.6 Å². The van der Waals surface area contributed by atoms with E-state index in [1.54, 1.807) is 0 Å².